The van der Waals surface area contributed by atoms with Crippen LogP contribution in [-0.4, -0.2) is 68.3 Å². The number of rotatable bonds is 13. The summed E-state index contributed by atoms with van der Waals surface area (Å²) in [5, 5.41) is 42.1. The van der Waals surface area contributed by atoms with E-state index in [1.165, 1.54) is 38.1 Å². The third-order valence-corrected chi connectivity index (χ3v) is 4.41. The first kappa shape index (κ1) is 25.1. The Balaban J connectivity index is 2.69. The molecule has 0 aliphatic rings. The van der Waals surface area contributed by atoms with E-state index in [1.54, 1.807) is 0 Å². The fraction of sp³-hybridized carbons (Fsp3) is 0.500. The van der Waals surface area contributed by atoms with Crippen molar-refractivity contribution in [1.82, 2.24) is 10.6 Å². The van der Waals surface area contributed by atoms with Crippen LogP contribution in [0.1, 0.15) is 38.7 Å². The van der Waals surface area contributed by atoms with E-state index in [2.05, 4.69) is 10.6 Å². The highest BCUT2D eigenvalue weighted by Crippen LogP contribution is 2.12. The van der Waals surface area contributed by atoms with Crippen molar-refractivity contribution in [3.05, 3.63) is 29.8 Å². The molecule has 1 amide bonds. The molecule has 0 aliphatic heterocycles. The number of nitrogens with one attached hydrogen (secondary N) is 2. The summed E-state index contributed by atoms with van der Waals surface area (Å²) in [7, 11) is 0. The zero-order valence-electron chi connectivity index (χ0n) is 16.9. The van der Waals surface area contributed by atoms with Crippen LogP contribution in [0.2, 0.25) is 0 Å². The van der Waals surface area contributed by atoms with E-state index < -0.39 is 42.1 Å². The van der Waals surface area contributed by atoms with E-state index in [9.17, 15) is 39.6 Å². The number of aliphatic carboxylic acids is 2. The van der Waals surface area contributed by atoms with Crippen LogP contribution in [0.4, 0.5) is 0 Å². The van der Waals surface area contributed by atoms with Gasteiger partial charge in [0.1, 0.15) is 23.6 Å². The maximum absolute atomic E-state index is 12.4. The smallest absolute Gasteiger partial charge is 0.326 e. The van der Waals surface area contributed by atoms with E-state index in [4.69, 9.17) is 0 Å². The van der Waals surface area contributed by atoms with E-state index in [0.29, 0.717) is 5.56 Å². The number of aliphatic hydroxyl groups excluding tert-OH is 1. The van der Waals surface area contributed by atoms with E-state index >= 15 is 0 Å². The van der Waals surface area contributed by atoms with Crippen molar-refractivity contribution in [2.75, 3.05) is 0 Å². The van der Waals surface area contributed by atoms with Crippen molar-refractivity contribution in [3.8, 4) is 5.75 Å². The Morgan fingerprint density at radius 2 is 1.53 bits per heavy atom. The molecule has 0 spiro atoms. The number of carboxylic acid groups (broad SMARTS) is 2. The van der Waals surface area contributed by atoms with Crippen LogP contribution < -0.4 is 10.6 Å². The van der Waals surface area contributed by atoms with Crippen LogP contribution in [0, 0.1) is 0 Å². The summed E-state index contributed by atoms with van der Waals surface area (Å²) >= 11 is 0. The van der Waals surface area contributed by atoms with Crippen molar-refractivity contribution in [2.45, 2.75) is 63.8 Å². The minimum absolute atomic E-state index is 0.0113. The zero-order chi connectivity index (χ0) is 22.8. The molecule has 0 heterocycles. The van der Waals surface area contributed by atoms with Gasteiger partial charge in [-0.25, -0.2) is 4.79 Å². The standard InChI is InChI=1S/C20H28N2O8/c1-11(23)3-6-15(25)10-17(20(29)30)21-12(2)18(26)22-16(19(27)28)9-13-4-7-14(24)8-5-13/h4-5,7-8,11-12,16-17,21,23-24H,3,6,9-10H2,1-2H3,(H,22,26)(H,27,28)(H,29,30)/t11-,12+,16+,17+/m0/s1. The van der Waals surface area contributed by atoms with Gasteiger partial charge in [0.2, 0.25) is 5.91 Å². The molecule has 1 rings (SSSR count). The van der Waals surface area contributed by atoms with Gasteiger partial charge < -0.3 is 25.7 Å². The molecule has 1 aromatic carbocycles. The second-order valence-corrected chi connectivity index (χ2v) is 7.18. The first-order chi connectivity index (χ1) is 14.0. The van der Waals surface area contributed by atoms with E-state index in [-0.39, 0.29) is 37.2 Å². The monoisotopic (exact) mass is 424 g/mol. The van der Waals surface area contributed by atoms with Crippen LogP contribution in [0.15, 0.2) is 24.3 Å². The maximum atomic E-state index is 12.4. The number of carbonyl (C=O) groups excluding carboxylic acids is 2. The summed E-state index contributed by atoms with van der Waals surface area (Å²) in [6.45, 7) is 2.88. The molecule has 0 aliphatic carbocycles. The lowest BCUT2D eigenvalue weighted by Gasteiger charge is -2.22. The number of amides is 1. The van der Waals surface area contributed by atoms with Crippen molar-refractivity contribution in [3.63, 3.8) is 0 Å². The Bertz CT molecular complexity index is 748. The molecule has 0 radical (unpaired) electrons. The lowest BCUT2D eigenvalue weighted by atomic mass is 10.0. The predicted octanol–water partition coefficient (Wildman–Crippen LogP) is 0.0556. The quantitative estimate of drug-likeness (QED) is 0.256. The molecule has 30 heavy (non-hydrogen) atoms. The number of ketones is 1. The summed E-state index contributed by atoms with van der Waals surface area (Å²) in [5.74, 6) is -3.68. The molecule has 4 atom stereocenters. The van der Waals surface area contributed by atoms with Gasteiger partial charge in [-0.05, 0) is 38.0 Å². The fourth-order valence-corrected chi connectivity index (χ4v) is 2.66. The average molecular weight is 424 g/mol. The number of Topliss-reactive ketones (excluding diaryl/α,β-unsaturated/α-hetero) is 1. The van der Waals surface area contributed by atoms with Crippen LogP contribution in [-0.2, 0) is 25.6 Å². The number of carbonyl (C=O) groups is 4. The van der Waals surface area contributed by atoms with Crippen molar-refractivity contribution in [1.29, 1.82) is 0 Å². The number of aromatic hydroxyl groups is 1. The van der Waals surface area contributed by atoms with Crippen LogP contribution in [0.5, 0.6) is 5.75 Å². The molecular formula is C20H28N2O8. The summed E-state index contributed by atoms with van der Waals surface area (Å²) in [4.78, 5) is 47.2. The Kier molecular flexibility index (Phi) is 9.93. The minimum Gasteiger partial charge on any atom is -0.508 e. The number of carboxylic acids is 2. The van der Waals surface area contributed by atoms with E-state index in [1.807, 2.05) is 0 Å². The van der Waals surface area contributed by atoms with Crippen LogP contribution in [0.25, 0.3) is 0 Å². The van der Waals surface area contributed by atoms with Gasteiger partial charge in [-0.2, -0.15) is 0 Å². The lowest BCUT2D eigenvalue weighted by molar-refractivity contribution is -0.143. The van der Waals surface area contributed by atoms with E-state index in [0.717, 1.165) is 0 Å². The molecule has 0 saturated heterocycles. The molecule has 166 valence electrons. The lowest BCUT2D eigenvalue weighted by Crippen LogP contribution is -2.53. The van der Waals surface area contributed by atoms with Crippen molar-refractivity contribution < 1.29 is 39.6 Å². The molecule has 6 N–H and O–H groups in total. The Morgan fingerprint density at radius 1 is 0.967 bits per heavy atom. The summed E-state index contributed by atoms with van der Waals surface area (Å²) in [5.41, 5.74) is 0.577. The molecule has 0 fully saturated rings. The molecule has 10 nitrogen and oxygen atoms in total. The van der Waals surface area contributed by atoms with Gasteiger partial charge in [0.15, 0.2) is 0 Å². The topological polar surface area (TPSA) is 173 Å². The fourth-order valence-electron chi connectivity index (χ4n) is 2.66. The first-order valence-corrected chi connectivity index (χ1v) is 9.49. The SMILES string of the molecule is C[C@H](O)CCC(=O)C[C@@H](N[C@H](C)C(=O)N[C@H](Cc1ccc(O)cc1)C(=O)O)C(=O)O. The number of hydrogen-bond donors (Lipinski definition) is 6. The van der Waals surface area contributed by atoms with Gasteiger partial charge in [0, 0.05) is 19.3 Å². The summed E-state index contributed by atoms with van der Waals surface area (Å²) < 4.78 is 0. The van der Waals surface area contributed by atoms with Crippen molar-refractivity contribution in [2.24, 2.45) is 0 Å². The summed E-state index contributed by atoms with van der Waals surface area (Å²) in [6.07, 6.45) is -0.864. The van der Waals surface area contributed by atoms with Gasteiger partial charge in [-0.3, -0.25) is 19.7 Å². The highest BCUT2D eigenvalue weighted by atomic mass is 16.4. The molecular weight excluding hydrogens is 396 g/mol. The average Bonchev–Trinajstić information content (AvgIpc) is 2.66. The molecule has 10 heteroatoms. The highest BCUT2D eigenvalue weighted by Gasteiger charge is 2.28. The minimum atomic E-state index is -1.33. The molecule has 0 saturated carbocycles. The van der Waals surface area contributed by atoms with Gasteiger partial charge in [0.25, 0.3) is 0 Å². The van der Waals surface area contributed by atoms with Crippen LogP contribution in [0.3, 0.4) is 0 Å². The zero-order valence-corrected chi connectivity index (χ0v) is 16.9. The molecule has 0 aromatic heterocycles. The number of hydrogen-bond acceptors (Lipinski definition) is 7. The molecule has 0 unspecified atom stereocenters. The third kappa shape index (κ3) is 9.01. The second kappa shape index (κ2) is 11.9. The second-order valence-electron chi connectivity index (χ2n) is 7.18. The Hall–Kier alpha value is -2.98. The number of phenolic OH excluding ortho intramolecular Hbond substituents is 1. The van der Waals surface area contributed by atoms with Crippen LogP contribution >= 0.6 is 0 Å². The van der Waals surface area contributed by atoms with Gasteiger partial charge in [-0.15, -0.1) is 0 Å². The van der Waals surface area contributed by atoms with Gasteiger partial charge >= 0.3 is 11.9 Å². The largest absolute Gasteiger partial charge is 0.508 e. The van der Waals surface area contributed by atoms with Gasteiger partial charge in [-0.1, -0.05) is 12.1 Å². The highest BCUT2D eigenvalue weighted by molar-refractivity contribution is 5.89. The first-order valence-electron chi connectivity index (χ1n) is 9.49. The number of aliphatic hydroxyl groups is 1. The predicted molar refractivity (Wildman–Crippen MR) is 106 cm³/mol. The molecule has 0 bridgehead atoms. The summed E-state index contributed by atoms with van der Waals surface area (Å²) in [6, 6.07) is 2.18. The van der Waals surface area contributed by atoms with Crippen molar-refractivity contribution >= 4 is 23.6 Å². The Morgan fingerprint density at radius 3 is 2.03 bits per heavy atom. The Labute approximate surface area is 173 Å². The third-order valence-electron chi connectivity index (χ3n) is 4.41. The maximum Gasteiger partial charge on any atom is 0.326 e. The van der Waals surface area contributed by atoms with Gasteiger partial charge in [0.05, 0.1) is 12.1 Å². The molecule has 1 aromatic rings. The number of phenols is 1. The number of benzene rings is 1. The normalized spacial score (nSPS) is 14.9.